The summed E-state index contributed by atoms with van der Waals surface area (Å²) in [6, 6.07) is 12.3. The van der Waals surface area contributed by atoms with Crippen molar-refractivity contribution in [3.63, 3.8) is 0 Å². The first kappa shape index (κ1) is 22.0. The maximum absolute atomic E-state index is 12.5. The highest BCUT2D eigenvalue weighted by Crippen LogP contribution is 2.32. The van der Waals surface area contributed by atoms with Crippen LogP contribution in [0.2, 0.25) is 0 Å². The number of aromatic nitrogens is 1. The Hall–Kier alpha value is -2.25. The van der Waals surface area contributed by atoms with Gasteiger partial charge in [0.05, 0.1) is 25.1 Å². The zero-order chi connectivity index (χ0) is 22.0. The third-order valence-corrected chi connectivity index (χ3v) is 6.29. The predicted octanol–water partition coefficient (Wildman–Crippen LogP) is 4.73. The van der Waals surface area contributed by atoms with Gasteiger partial charge in [-0.3, -0.25) is 4.98 Å². The molecule has 3 heterocycles. The number of fused-ring (bicyclic) bond motifs is 2. The lowest BCUT2D eigenvalue weighted by molar-refractivity contribution is -0.112. The van der Waals surface area contributed by atoms with Crippen molar-refractivity contribution in [2.45, 2.75) is 37.4 Å². The van der Waals surface area contributed by atoms with E-state index in [9.17, 15) is 4.79 Å². The van der Waals surface area contributed by atoms with E-state index in [4.69, 9.17) is 14.2 Å². The Kier molecular flexibility index (Phi) is 6.44. The predicted molar refractivity (Wildman–Crippen MR) is 121 cm³/mol. The second-order valence-corrected chi connectivity index (χ2v) is 10.0. The van der Waals surface area contributed by atoms with Crippen LogP contribution in [0.15, 0.2) is 47.5 Å². The van der Waals surface area contributed by atoms with Gasteiger partial charge in [0.15, 0.2) is 0 Å². The van der Waals surface area contributed by atoms with Crippen molar-refractivity contribution in [3.8, 4) is 17.0 Å². The Morgan fingerprint density at radius 1 is 1.10 bits per heavy atom. The fraction of sp³-hybridized carbons (Fsp3) is 0.500. The first-order valence-corrected chi connectivity index (χ1v) is 11.9. The average Bonchev–Trinajstić information content (AvgIpc) is 2.73. The van der Waals surface area contributed by atoms with Gasteiger partial charge < -0.3 is 19.1 Å². The number of hydrogen-bond donors (Lipinski definition) is 0. The molecule has 0 saturated carbocycles. The molecule has 2 fully saturated rings. The van der Waals surface area contributed by atoms with Gasteiger partial charge in [0.25, 0.3) is 0 Å². The Morgan fingerprint density at radius 3 is 2.32 bits per heavy atom. The van der Waals surface area contributed by atoms with Crippen molar-refractivity contribution >= 4 is 17.9 Å². The number of likely N-dealkylation sites (tertiary alicyclic amines) is 1. The van der Waals surface area contributed by atoms with Gasteiger partial charge in [0.2, 0.25) is 0 Å². The van der Waals surface area contributed by atoms with E-state index < -0.39 is 5.60 Å². The third kappa shape index (κ3) is 5.33. The summed E-state index contributed by atoms with van der Waals surface area (Å²) < 4.78 is 17.7. The summed E-state index contributed by atoms with van der Waals surface area (Å²) >= 11 is 1.72. The summed E-state index contributed by atoms with van der Waals surface area (Å²) in [6.45, 7) is 7.96. The van der Waals surface area contributed by atoms with Crippen LogP contribution in [0.5, 0.6) is 5.75 Å². The first-order chi connectivity index (χ1) is 14.8. The number of carbonyl (C=O) groups excluding carboxylic acids is 1. The molecule has 0 N–H and O–H groups in total. The lowest BCUT2D eigenvalue weighted by Gasteiger charge is -2.46. The van der Waals surface area contributed by atoms with Gasteiger partial charge in [0.1, 0.15) is 17.5 Å². The molecule has 2 aliphatic rings. The molecule has 7 heteroatoms. The van der Waals surface area contributed by atoms with Crippen molar-refractivity contribution in [3.05, 3.63) is 42.6 Å². The fourth-order valence-electron chi connectivity index (χ4n) is 4.11. The molecule has 0 spiro atoms. The molecule has 1 aromatic carbocycles. The average molecular weight is 443 g/mol. The normalized spacial score (nSPS) is 23.4. The number of ether oxygens (including phenoxy) is 3. The van der Waals surface area contributed by atoms with E-state index in [-0.39, 0.29) is 24.0 Å². The lowest BCUT2D eigenvalue weighted by Crippen LogP contribution is -2.59. The zero-order valence-corrected chi connectivity index (χ0v) is 19.4. The number of pyridine rings is 1. The van der Waals surface area contributed by atoms with Gasteiger partial charge in [-0.25, -0.2) is 4.79 Å². The monoisotopic (exact) mass is 442 g/mol. The molecular weight excluding hydrogens is 412 g/mol. The molecule has 6 nitrogen and oxygen atoms in total. The molecule has 2 aromatic rings. The number of amides is 1. The molecular formula is C24H30N2O4S. The zero-order valence-electron chi connectivity index (χ0n) is 18.5. The minimum absolute atomic E-state index is 0.000879. The molecule has 1 amide bonds. The van der Waals surface area contributed by atoms with E-state index >= 15 is 0 Å². The smallest absolute Gasteiger partial charge is 0.410 e. The minimum Gasteiger partial charge on any atom is -0.488 e. The summed E-state index contributed by atoms with van der Waals surface area (Å²) in [5.74, 6) is 0.967. The van der Waals surface area contributed by atoms with Crippen LogP contribution < -0.4 is 4.74 Å². The maximum Gasteiger partial charge on any atom is 0.410 e. The number of carbonyl (C=O) groups is 1. The topological polar surface area (TPSA) is 60.9 Å². The number of thioether (sulfide) groups is 1. The highest BCUT2D eigenvalue weighted by molar-refractivity contribution is 7.98. The molecule has 2 bridgehead atoms. The van der Waals surface area contributed by atoms with Crippen molar-refractivity contribution in [2.24, 2.45) is 11.8 Å². The third-order valence-electron chi connectivity index (χ3n) is 5.55. The molecule has 0 radical (unpaired) electrons. The second-order valence-electron chi connectivity index (χ2n) is 9.13. The Balaban J connectivity index is 1.41. The maximum atomic E-state index is 12.5. The molecule has 2 atom stereocenters. The van der Waals surface area contributed by atoms with Gasteiger partial charge in [0, 0.05) is 35.4 Å². The van der Waals surface area contributed by atoms with Gasteiger partial charge in [-0.15, -0.1) is 11.8 Å². The van der Waals surface area contributed by atoms with Crippen molar-refractivity contribution in [1.82, 2.24) is 9.88 Å². The Labute approximate surface area is 188 Å². The highest BCUT2D eigenvalue weighted by Gasteiger charge is 2.44. The van der Waals surface area contributed by atoms with E-state index in [2.05, 4.69) is 35.5 Å². The summed E-state index contributed by atoms with van der Waals surface area (Å²) in [5.41, 5.74) is 1.50. The molecule has 4 rings (SSSR count). The van der Waals surface area contributed by atoms with E-state index in [1.807, 2.05) is 32.9 Å². The molecule has 2 unspecified atom stereocenters. The van der Waals surface area contributed by atoms with Crippen molar-refractivity contribution in [2.75, 3.05) is 32.6 Å². The second kappa shape index (κ2) is 9.09. The van der Waals surface area contributed by atoms with Crippen LogP contribution in [-0.4, -0.2) is 60.2 Å². The van der Waals surface area contributed by atoms with Gasteiger partial charge >= 0.3 is 6.09 Å². The number of benzene rings is 1. The molecule has 166 valence electrons. The lowest BCUT2D eigenvalue weighted by atomic mass is 9.84. The van der Waals surface area contributed by atoms with Crippen molar-refractivity contribution < 1.29 is 19.0 Å². The number of piperidine rings is 1. The Bertz CT molecular complexity index is 881. The van der Waals surface area contributed by atoms with E-state index in [0.717, 1.165) is 17.0 Å². The van der Waals surface area contributed by atoms with E-state index in [0.29, 0.717) is 26.3 Å². The summed E-state index contributed by atoms with van der Waals surface area (Å²) in [5, 5.41) is 0. The van der Waals surface area contributed by atoms with Gasteiger partial charge in [-0.1, -0.05) is 12.1 Å². The van der Waals surface area contributed by atoms with Gasteiger partial charge in [-0.2, -0.15) is 0 Å². The van der Waals surface area contributed by atoms with Crippen LogP contribution in [0.4, 0.5) is 4.79 Å². The molecule has 31 heavy (non-hydrogen) atoms. The van der Waals surface area contributed by atoms with Crippen LogP contribution in [0.25, 0.3) is 11.3 Å². The quantitative estimate of drug-likeness (QED) is 0.638. The summed E-state index contributed by atoms with van der Waals surface area (Å²) in [6.07, 6.45) is 3.59. The number of nitrogens with zero attached hydrogens (tertiary/aromatic N) is 2. The Morgan fingerprint density at radius 2 is 1.77 bits per heavy atom. The van der Waals surface area contributed by atoms with E-state index in [1.54, 1.807) is 22.9 Å². The number of hydrogen-bond acceptors (Lipinski definition) is 6. The summed E-state index contributed by atoms with van der Waals surface area (Å²) in [4.78, 5) is 20.2. The minimum atomic E-state index is -0.501. The largest absolute Gasteiger partial charge is 0.488 e. The molecule has 0 aliphatic carbocycles. The van der Waals surface area contributed by atoms with Crippen LogP contribution in [0.1, 0.15) is 20.8 Å². The van der Waals surface area contributed by atoms with Crippen LogP contribution in [-0.2, 0) is 9.47 Å². The van der Waals surface area contributed by atoms with Crippen molar-refractivity contribution in [1.29, 1.82) is 0 Å². The fourth-order valence-corrected chi connectivity index (χ4v) is 4.52. The van der Waals surface area contributed by atoms with Crippen LogP contribution in [0, 0.1) is 11.8 Å². The van der Waals surface area contributed by atoms with Crippen LogP contribution >= 0.6 is 11.8 Å². The van der Waals surface area contributed by atoms with Crippen LogP contribution in [0.3, 0.4) is 0 Å². The number of rotatable bonds is 4. The molecule has 2 aliphatic heterocycles. The van der Waals surface area contributed by atoms with E-state index in [1.165, 1.54) is 4.90 Å². The van der Waals surface area contributed by atoms with Gasteiger partial charge in [-0.05, 0) is 51.3 Å². The summed E-state index contributed by atoms with van der Waals surface area (Å²) in [7, 11) is 0. The molecule has 2 saturated heterocycles. The standard InChI is InChI=1S/C24H30N2O4S/c1-24(2,3)30-23(27)26-12-17-14-28-15-18(13-26)22(17)29-19-7-10-21(25-11-19)16-5-8-20(31-4)9-6-16/h5-11,17-18,22H,12-15H2,1-4H3. The SMILES string of the molecule is CSc1ccc(-c2ccc(OC3C4COCC3CN(C(=O)OC(C)(C)C)C4)cn2)cc1. The molecule has 1 aromatic heterocycles. The first-order valence-electron chi connectivity index (χ1n) is 10.7. The highest BCUT2D eigenvalue weighted by atomic mass is 32.2.